The Labute approximate surface area is 211 Å². The van der Waals surface area contributed by atoms with Crippen LogP contribution in [0.1, 0.15) is 43.2 Å². The molecule has 1 aliphatic heterocycles. The minimum absolute atomic E-state index is 0.197. The monoisotopic (exact) mass is 468 g/mol. The Balaban J connectivity index is 1.51. The number of fused-ring (bicyclic) bond motifs is 2. The van der Waals surface area contributed by atoms with E-state index in [-0.39, 0.29) is 11.8 Å². The van der Waals surface area contributed by atoms with E-state index in [9.17, 15) is 5.26 Å². The molecule has 0 saturated heterocycles. The third kappa shape index (κ3) is 3.85. The first-order valence-corrected chi connectivity index (χ1v) is 12.6. The van der Waals surface area contributed by atoms with Gasteiger partial charge >= 0.3 is 0 Å². The summed E-state index contributed by atoms with van der Waals surface area (Å²) < 4.78 is 6.24. The molecule has 1 heterocycles. The zero-order chi connectivity index (χ0) is 24.6. The van der Waals surface area contributed by atoms with Crippen LogP contribution in [-0.2, 0) is 4.74 Å². The molecule has 0 saturated carbocycles. The first kappa shape index (κ1) is 22.2. The van der Waals surface area contributed by atoms with Gasteiger partial charge in [-0.2, -0.15) is 5.26 Å². The number of hydrogen-bond donors (Lipinski definition) is 1. The first-order chi connectivity index (χ1) is 17.6. The van der Waals surface area contributed by atoms with Crippen molar-refractivity contribution in [3.05, 3.63) is 124 Å². The van der Waals surface area contributed by atoms with E-state index >= 15 is 0 Å². The largest absolute Gasteiger partial charge is 0.440 e. The second-order valence-corrected chi connectivity index (χ2v) is 9.84. The van der Waals surface area contributed by atoms with Crippen LogP contribution < -0.4 is 5.73 Å². The standard InChI is InChI=1S/C33H28N2O/c1-2-21-15-28(17-22-11-12-23-7-3-5-9-25(23)16-22)32-29(18-21)31(30(20-34)33(35)36-32)27-14-13-24-8-4-6-10-26(24)19-27/h3-14,16-17,19,21,31H,2,15,18,35H2,1H3/b28-17+. The summed E-state index contributed by atoms with van der Waals surface area (Å²) in [6.07, 6.45) is 5.14. The van der Waals surface area contributed by atoms with Gasteiger partial charge in [-0.1, -0.05) is 92.2 Å². The fraction of sp³-hybridized carbons (Fsp3) is 0.182. The summed E-state index contributed by atoms with van der Waals surface area (Å²) in [7, 11) is 0. The van der Waals surface area contributed by atoms with Crippen LogP contribution in [0.25, 0.3) is 27.6 Å². The Morgan fingerprint density at radius 3 is 2.25 bits per heavy atom. The summed E-state index contributed by atoms with van der Waals surface area (Å²) in [6, 6.07) is 32.1. The fourth-order valence-electron chi connectivity index (χ4n) is 5.73. The molecule has 2 unspecified atom stereocenters. The van der Waals surface area contributed by atoms with Crippen molar-refractivity contribution >= 4 is 27.6 Å². The van der Waals surface area contributed by atoms with Crippen molar-refractivity contribution in [2.45, 2.75) is 32.1 Å². The number of benzene rings is 4. The van der Waals surface area contributed by atoms with Crippen LogP contribution in [-0.4, -0.2) is 0 Å². The molecule has 176 valence electrons. The average Bonchev–Trinajstić information content (AvgIpc) is 2.92. The Kier molecular flexibility index (Phi) is 5.58. The number of rotatable bonds is 3. The SMILES string of the molecule is CCC1CC2=C(OC(N)=C(C#N)C2c2ccc3ccccc3c2)/C(=C/c2ccc3ccccc3c2)C1. The van der Waals surface area contributed by atoms with Gasteiger partial charge in [0, 0.05) is 5.92 Å². The molecule has 4 aromatic carbocycles. The van der Waals surface area contributed by atoms with Crippen molar-refractivity contribution in [2.24, 2.45) is 11.7 Å². The Morgan fingerprint density at radius 2 is 1.56 bits per heavy atom. The lowest BCUT2D eigenvalue weighted by Crippen LogP contribution is -2.26. The van der Waals surface area contributed by atoms with Gasteiger partial charge in [-0.3, -0.25) is 0 Å². The van der Waals surface area contributed by atoms with E-state index in [1.54, 1.807) is 0 Å². The van der Waals surface area contributed by atoms with Gasteiger partial charge in [-0.05, 0) is 74.7 Å². The van der Waals surface area contributed by atoms with E-state index in [1.165, 1.54) is 21.7 Å². The van der Waals surface area contributed by atoms with E-state index in [0.717, 1.165) is 47.1 Å². The number of ether oxygens (including phenoxy) is 1. The zero-order valence-corrected chi connectivity index (χ0v) is 20.4. The molecule has 0 aromatic heterocycles. The summed E-state index contributed by atoms with van der Waals surface area (Å²) in [5.41, 5.74) is 11.5. The second kappa shape index (κ2) is 9.06. The molecule has 0 spiro atoms. The van der Waals surface area contributed by atoms with E-state index < -0.39 is 0 Å². The van der Waals surface area contributed by atoms with Crippen LogP contribution in [0.15, 0.2) is 113 Å². The summed E-state index contributed by atoms with van der Waals surface area (Å²) >= 11 is 0. The predicted octanol–water partition coefficient (Wildman–Crippen LogP) is 7.96. The maximum absolute atomic E-state index is 10.1. The fourth-order valence-corrected chi connectivity index (χ4v) is 5.73. The van der Waals surface area contributed by atoms with Gasteiger partial charge in [0.15, 0.2) is 0 Å². The van der Waals surface area contributed by atoms with Gasteiger partial charge in [0.2, 0.25) is 5.88 Å². The van der Waals surface area contributed by atoms with E-state index in [0.29, 0.717) is 11.5 Å². The van der Waals surface area contributed by atoms with Gasteiger partial charge in [0.1, 0.15) is 17.4 Å². The molecular formula is C33H28N2O. The van der Waals surface area contributed by atoms with Crippen molar-refractivity contribution in [2.75, 3.05) is 0 Å². The minimum atomic E-state index is -0.197. The lowest BCUT2D eigenvalue weighted by atomic mass is 9.72. The van der Waals surface area contributed by atoms with Gasteiger partial charge < -0.3 is 10.5 Å². The third-order valence-electron chi connectivity index (χ3n) is 7.63. The Bertz CT molecular complexity index is 1630. The topological polar surface area (TPSA) is 59.0 Å². The highest BCUT2D eigenvalue weighted by Crippen LogP contribution is 2.49. The summed E-state index contributed by atoms with van der Waals surface area (Å²) in [4.78, 5) is 0. The third-order valence-corrected chi connectivity index (χ3v) is 7.63. The molecule has 1 aliphatic carbocycles. The molecule has 2 aliphatic rings. The maximum Gasteiger partial charge on any atom is 0.205 e. The van der Waals surface area contributed by atoms with Gasteiger partial charge in [0.05, 0.1) is 0 Å². The molecule has 0 amide bonds. The lowest BCUT2D eigenvalue weighted by molar-refractivity contribution is 0.265. The van der Waals surface area contributed by atoms with Crippen molar-refractivity contribution in [3.63, 3.8) is 0 Å². The number of hydrogen-bond acceptors (Lipinski definition) is 3. The quantitative estimate of drug-likeness (QED) is 0.332. The Hall–Kier alpha value is -4.29. The molecule has 2 N–H and O–H groups in total. The second-order valence-electron chi connectivity index (χ2n) is 9.84. The normalized spacial score (nSPS) is 20.9. The van der Waals surface area contributed by atoms with Crippen LogP contribution in [0.3, 0.4) is 0 Å². The van der Waals surface area contributed by atoms with Crippen molar-refractivity contribution in [1.29, 1.82) is 5.26 Å². The Morgan fingerprint density at radius 1 is 0.889 bits per heavy atom. The first-order valence-electron chi connectivity index (χ1n) is 12.6. The van der Waals surface area contributed by atoms with Crippen molar-refractivity contribution < 1.29 is 4.74 Å². The highest BCUT2D eigenvalue weighted by molar-refractivity contribution is 5.85. The molecule has 0 bridgehead atoms. The summed E-state index contributed by atoms with van der Waals surface area (Å²) in [6.45, 7) is 2.24. The van der Waals surface area contributed by atoms with Crippen LogP contribution in [0.4, 0.5) is 0 Å². The molecule has 3 heteroatoms. The van der Waals surface area contributed by atoms with E-state index in [2.05, 4.69) is 91.9 Å². The van der Waals surface area contributed by atoms with Gasteiger partial charge in [0.25, 0.3) is 0 Å². The number of allylic oxidation sites excluding steroid dienone is 3. The smallest absolute Gasteiger partial charge is 0.205 e. The average molecular weight is 469 g/mol. The maximum atomic E-state index is 10.1. The molecule has 4 aromatic rings. The van der Waals surface area contributed by atoms with Crippen LogP contribution in [0.2, 0.25) is 0 Å². The molecule has 3 nitrogen and oxygen atoms in total. The van der Waals surface area contributed by atoms with Crippen molar-refractivity contribution in [1.82, 2.24) is 0 Å². The summed E-state index contributed by atoms with van der Waals surface area (Å²) in [5, 5.41) is 14.9. The van der Waals surface area contributed by atoms with E-state index in [1.807, 2.05) is 12.1 Å². The predicted molar refractivity (Wildman–Crippen MR) is 147 cm³/mol. The molecule has 0 fully saturated rings. The highest BCUT2D eigenvalue weighted by atomic mass is 16.5. The van der Waals surface area contributed by atoms with Crippen molar-refractivity contribution in [3.8, 4) is 6.07 Å². The van der Waals surface area contributed by atoms with Crippen LogP contribution in [0, 0.1) is 17.2 Å². The van der Waals surface area contributed by atoms with Gasteiger partial charge in [-0.15, -0.1) is 0 Å². The zero-order valence-electron chi connectivity index (χ0n) is 20.4. The highest BCUT2D eigenvalue weighted by Gasteiger charge is 2.38. The lowest BCUT2D eigenvalue weighted by Gasteiger charge is -2.36. The van der Waals surface area contributed by atoms with Crippen LogP contribution in [0.5, 0.6) is 0 Å². The number of nitrogens with two attached hydrogens (primary N) is 1. The number of nitrogens with zero attached hydrogens (tertiary/aromatic N) is 1. The van der Waals surface area contributed by atoms with Crippen LogP contribution >= 0.6 is 0 Å². The van der Waals surface area contributed by atoms with Gasteiger partial charge in [-0.25, -0.2) is 0 Å². The molecule has 2 atom stereocenters. The molecule has 36 heavy (non-hydrogen) atoms. The summed E-state index contributed by atoms with van der Waals surface area (Å²) in [5.74, 6) is 1.36. The number of nitriles is 1. The minimum Gasteiger partial charge on any atom is -0.440 e. The molecule has 6 rings (SSSR count). The molecule has 0 radical (unpaired) electrons. The van der Waals surface area contributed by atoms with E-state index in [4.69, 9.17) is 10.5 Å². The molecular weight excluding hydrogens is 440 g/mol.